The van der Waals surface area contributed by atoms with Crippen LogP contribution in [0.15, 0.2) is 12.1 Å². The van der Waals surface area contributed by atoms with E-state index in [2.05, 4.69) is 5.32 Å². The quantitative estimate of drug-likeness (QED) is 0.879. The second kappa shape index (κ2) is 5.80. The van der Waals surface area contributed by atoms with Gasteiger partial charge in [0.1, 0.15) is 0 Å². The zero-order chi connectivity index (χ0) is 11.4. The maximum absolute atomic E-state index is 11.7. The summed E-state index contributed by atoms with van der Waals surface area (Å²) < 4.78 is 0.756. The Kier molecular flexibility index (Phi) is 4.38. The highest BCUT2D eigenvalue weighted by Gasteiger charge is 2.15. The van der Waals surface area contributed by atoms with Gasteiger partial charge in [-0.15, -0.1) is 11.3 Å². The lowest BCUT2D eigenvalue weighted by atomic mass is 10.2. The van der Waals surface area contributed by atoms with E-state index in [0.29, 0.717) is 19.0 Å². The van der Waals surface area contributed by atoms with Crippen LogP contribution in [-0.4, -0.2) is 18.4 Å². The van der Waals surface area contributed by atoms with Crippen LogP contribution < -0.4 is 5.32 Å². The number of rotatable bonds is 5. The van der Waals surface area contributed by atoms with Crippen LogP contribution in [0.1, 0.15) is 30.6 Å². The van der Waals surface area contributed by atoms with Crippen molar-refractivity contribution in [3.8, 4) is 0 Å². The number of carbonyl (C=O) groups is 1. The van der Waals surface area contributed by atoms with Crippen LogP contribution in [0.4, 0.5) is 0 Å². The third-order valence-electron chi connectivity index (χ3n) is 2.94. The molecule has 0 radical (unpaired) electrons. The normalized spacial score (nSPS) is 16.8. The van der Waals surface area contributed by atoms with Gasteiger partial charge in [0, 0.05) is 17.3 Å². The fourth-order valence-electron chi connectivity index (χ4n) is 2.09. The third-order valence-corrected chi connectivity index (χ3v) is 4.17. The Bertz CT molecular complexity index is 358. The van der Waals surface area contributed by atoms with Crippen LogP contribution in [-0.2, 0) is 11.2 Å². The van der Waals surface area contributed by atoms with Crippen molar-refractivity contribution >= 4 is 28.7 Å². The van der Waals surface area contributed by atoms with Gasteiger partial charge in [-0.2, -0.15) is 0 Å². The number of carbonyl (C=O) groups excluding carboxylic acids is 1. The molecule has 0 aromatic carbocycles. The van der Waals surface area contributed by atoms with Gasteiger partial charge >= 0.3 is 0 Å². The molecule has 0 unspecified atom stereocenters. The SMILES string of the molecule is O=C(CNC1CCCC1)Cc1ccc(Cl)s1. The summed E-state index contributed by atoms with van der Waals surface area (Å²) in [6.07, 6.45) is 5.55. The fourth-order valence-corrected chi connectivity index (χ4v) is 3.21. The molecular formula is C12H16ClNOS. The molecule has 1 aliphatic rings. The average molecular weight is 258 g/mol. The molecule has 4 heteroatoms. The first-order chi connectivity index (χ1) is 7.74. The molecule has 1 aliphatic carbocycles. The van der Waals surface area contributed by atoms with Gasteiger partial charge < -0.3 is 5.32 Å². The Hall–Kier alpha value is -0.380. The lowest BCUT2D eigenvalue weighted by Crippen LogP contribution is -2.32. The number of Topliss-reactive ketones (excluding diaryl/α,β-unsaturated/α-hetero) is 1. The van der Waals surface area contributed by atoms with Gasteiger partial charge in [0.05, 0.1) is 10.9 Å². The Morgan fingerprint density at radius 1 is 1.44 bits per heavy atom. The van der Waals surface area contributed by atoms with Crippen LogP contribution in [0.5, 0.6) is 0 Å². The maximum Gasteiger partial charge on any atom is 0.151 e. The van der Waals surface area contributed by atoms with Gasteiger partial charge in [-0.25, -0.2) is 0 Å². The summed E-state index contributed by atoms with van der Waals surface area (Å²) in [7, 11) is 0. The van der Waals surface area contributed by atoms with Crippen molar-refractivity contribution in [1.29, 1.82) is 0 Å². The molecule has 88 valence electrons. The molecule has 0 saturated heterocycles. The standard InChI is InChI=1S/C12H16ClNOS/c13-12-6-5-11(16-12)7-10(15)8-14-9-3-1-2-4-9/h5-6,9,14H,1-4,7-8H2. The molecule has 0 amide bonds. The minimum Gasteiger partial charge on any atom is -0.307 e. The zero-order valence-electron chi connectivity index (χ0n) is 9.17. The van der Waals surface area contributed by atoms with Crippen LogP contribution in [0, 0.1) is 0 Å². The van der Waals surface area contributed by atoms with Crippen molar-refractivity contribution in [2.45, 2.75) is 38.1 Å². The lowest BCUT2D eigenvalue weighted by molar-refractivity contribution is -0.117. The first-order valence-electron chi connectivity index (χ1n) is 5.73. The van der Waals surface area contributed by atoms with Gasteiger partial charge in [0.25, 0.3) is 0 Å². The Morgan fingerprint density at radius 3 is 2.81 bits per heavy atom. The topological polar surface area (TPSA) is 29.1 Å². The van der Waals surface area contributed by atoms with Gasteiger partial charge in [-0.1, -0.05) is 24.4 Å². The van der Waals surface area contributed by atoms with Crippen LogP contribution in [0.3, 0.4) is 0 Å². The molecule has 1 saturated carbocycles. The monoisotopic (exact) mass is 257 g/mol. The Morgan fingerprint density at radius 2 is 2.19 bits per heavy atom. The van der Waals surface area contributed by atoms with E-state index in [-0.39, 0.29) is 5.78 Å². The maximum atomic E-state index is 11.7. The molecule has 0 bridgehead atoms. The third kappa shape index (κ3) is 3.58. The van der Waals surface area contributed by atoms with E-state index in [4.69, 9.17) is 11.6 Å². The van der Waals surface area contributed by atoms with E-state index in [1.165, 1.54) is 37.0 Å². The van der Waals surface area contributed by atoms with Crippen LogP contribution in [0.2, 0.25) is 4.34 Å². The molecule has 16 heavy (non-hydrogen) atoms. The van der Waals surface area contributed by atoms with Gasteiger partial charge in [-0.3, -0.25) is 4.79 Å². The second-order valence-electron chi connectivity index (χ2n) is 4.28. The number of thiophene rings is 1. The van der Waals surface area contributed by atoms with E-state index < -0.39 is 0 Å². The number of ketones is 1. The highest BCUT2D eigenvalue weighted by molar-refractivity contribution is 7.16. The smallest absolute Gasteiger partial charge is 0.151 e. The predicted molar refractivity (Wildman–Crippen MR) is 68.3 cm³/mol. The Labute approximate surface area is 105 Å². The first kappa shape index (κ1) is 12.1. The van der Waals surface area contributed by atoms with Crippen molar-refractivity contribution in [2.24, 2.45) is 0 Å². The number of nitrogens with one attached hydrogen (secondary N) is 1. The average Bonchev–Trinajstić information content (AvgIpc) is 2.87. The van der Waals surface area contributed by atoms with Gasteiger partial charge in [-0.05, 0) is 25.0 Å². The number of hydrogen-bond donors (Lipinski definition) is 1. The van der Waals surface area contributed by atoms with Crippen molar-refractivity contribution in [2.75, 3.05) is 6.54 Å². The van der Waals surface area contributed by atoms with Crippen molar-refractivity contribution in [1.82, 2.24) is 5.32 Å². The second-order valence-corrected chi connectivity index (χ2v) is 6.08. The van der Waals surface area contributed by atoms with E-state index in [1.54, 1.807) is 0 Å². The molecule has 1 heterocycles. The highest BCUT2D eigenvalue weighted by atomic mass is 35.5. The summed E-state index contributed by atoms with van der Waals surface area (Å²) in [5.41, 5.74) is 0. The highest BCUT2D eigenvalue weighted by Crippen LogP contribution is 2.22. The summed E-state index contributed by atoms with van der Waals surface area (Å²) >= 11 is 7.31. The molecule has 1 N–H and O–H groups in total. The van der Waals surface area contributed by atoms with Crippen LogP contribution in [0.25, 0.3) is 0 Å². The van der Waals surface area contributed by atoms with E-state index in [9.17, 15) is 4.79 Å². The zero-order valence-corrected chi connectivity index (χ0v) is 10.7. The minimum atomic E-state index is 0.255. The molecule has 0 spiro atoms. The molecule has 2 nitrogen and oxygen atoms in total. The summed E-state index contributed by atoms with van der Waals surface area (Å²) in [6.45, 7) is 0.500. The molecule has 0 aliphatic heterocycles. The number of hydrogen-bond acceptors (Lipinski definition) is 3. The summed E-state index contributed by atoms with van der Waals surface area (Å²) in [6, 6.07) is 4.34. The van der Waals surface area contributed by atoms with E-state index in [1.807, 2.05) is 12.1 Å². The molecule has 0 atom stereocenters. The number of halogens is 1. The summed E-state index contributed by atoms with van der Waals surface area (Å²) in [5.74, 6) is 0.255. The first-order valence-corrected chi connectivity index (χ1v) is 6.93. The molecule has 1 aromatic heterocycles. The van der Waals surface area contributed by atoms with E-state index in [0.717, 1.165) is 9.21 Å². The Balaban J connectivity index is 1.71. The largest absolute Gasteiger partial charge is 0.307 e. The van der Waals surface area contributed by atoms with Gasteiger partial charge in [0.2, 0.25) is 0 Å². The molecule has 1 aromatic rings. The van der Waals surface area contributed by atoms with Gasteiger partial charge in [0.15, 0.2) is 5.78 Å². The summed E-state index contributed by atoms with van der Waals surface area (Å²) in [5, 5.41) is 3.33. The summed E-state index contributed by atoms with van der Waals surface area (Å²) in [4.78, 5) is 12.7. The molecular weight excluding hydrogens is 242 g/mol. The van der Waals surface area contributed by atoms with Crippen molar-refractivity contribution < 1.29 is 4.79 Å². The van der Waals surface area contributed by atoms with Crippen molar-refractivity contribution in [3.05, 3.63) is 21.3 Å². The minimum absolute atomic E-state index is 0.255. The molecule has 2 rings (SSSR count). The predicted octanol–water partition coefficient (Wildman–Crippen LogP) is 3.05. The lowest BCUT2D eigenvalue weighted by Gasteiger charge is -2.10. The van der Waals surface area contributed by atoms with Crippen LogP contribution >= 0.6 is 22.9 Å². The molecule has 1 fully saturated rings. The van der Waals surface area contributed by atoms with E-state index >= 15 is 0 Å². The fraction of sp³-hybridized carbons (Fsp3) is 0.583. The van der Waals surface area contributed by atoms with Crippen molar-refractivity contribution in [3.63, 3.8) is 0 Å².